The van der Waals surface area contributed by atoms with Gasteiger partial charge in [0.05, 0.1) is 16.1 Å². The van der Waals surface area contributed by atoms with Crippen LogP contribution >= 0.6 is 11.6 Å². The minimum Gasteiger partial charge on any atom is -0.444 e. The van der Waals surface area contributed by atoms with Crippen molar-refractivity contribution in [3.8, 4) is 0 Å². The molecule has 28 heavy (non-hydrogen) atoms. The number of pyridine rings is 1. The summed E-state index contributed by atoms with van der Waals surface area (Å²) in [6.45, 7) is 7.22. The number of ether oxygens (including phenoxy) is 1. The van der Waals surface area contributed by atoms with E-state index >= 15 is 0 Å². The van der Waals surface area contributed by atoms with Gasteiger partial charge in [0, 0.05) is 31.6 Å². The summed E-state index contributed by atoms with van der Waals surface area (Å²) < 4.78 is 44.3. The second-order valence-corrected chi connectivity index (χ2v) is 8.05. The lowest BCUT2D eigenvalue weighted by Crippen LogP contribution is -2.50. The van der Waals surface area contributed by atoms with E-state index in [4.69, 9.17) is 16.3 Å². The number of fused-ring (bicyclic) bond motifs is 1. The molecule has 0 spiro atoms. The van der Waals surface area contributed by atoms with Gasteiger partial charge >= 0.3 is 12.3 Å². The van der Waals surface area contributed by atoms with E-state index in [9.17, 15) is 18.0 Å². The largest absolute Gasteiger partial charge is 0.444 e. The van der Waals surface area contributed by atoms with Crippen LogP contribution in [0.5, 0.6) is 0 Å². The first-order valence-electron chi connectivity index (χ1n) is 8.84. The van der Waals surface area contributed by atoms with Crippen LogP contribution in [0.2, 0.25) is 5.02 Å². The Morgan fingerprint density at radius 2 is 1.75 bits per heavy atom. The highest BCUT2D eigenvalue weighted by molar-refractivity contribution is 6.35. The van der Waals surface area contributed by atoms with Crippen molar-refractivity contribution in [3.63, 3.8) is 0 Å². The molecule has 0 aliphatic carbocycles. The van der Waals surface area contributed by atoms with Crippen LogP contribution in [0.25, 0.3) is 10.9 Å². The molecule has 1 aromatic heterocycles. The first kappa shape index (κ1) is 20.5. The van der Waals surface area contributed by atoms with Gasteiger partial charge in [0.2, 0.25) is 0 Å². The predicted octanol–water partition coefficient (Wildman–Crippen LogP) is 4.96. The molecule has 1 saturated heterocycles. The summed E-state index contributed by atoms with van der Waals surface area (Å²) >= 11 is 6.27. The summed E-state index contributed by atoms with van der Waals surface area (Å²) in [7, 11) is 0. The molecule has 2 aromatic rings. The van der Waals surface area contributed by atoms with Gasteiger partial charge in [-0.15, -0.1) is 0 Å². The quantitative estimate of drug-likeness (QED) is 0.660. The van der Waals surface area contributed by atoms with Crippen molar-refractivity contribution in [1.29, 1.82) is 0 Å². The molecule has 3 rings (SSSR count). The fraction of sp³-hybridized carbons (Fsp3) is 0.474. The number of piperazine rings is 1. The molecule has 0 N–H and O–H groups in total. The normalized spacial score (nSPS) is 15.8. The zero-order valence-corrected chi connectivity index (χ0v) is 16.6. The third-order valence-electron chi connectivity index (χ3n) is 4.33. The molecule has 9 heteroatoms. The summed E-state index contributed by atoms with van der Waals surface area (Å²) in [5.41, 5.74) is -1.15. The van der Waals surface area contributed by atoms with Crippen LogP contribution in [0.15, 0.2) is 24.3 Å². The number of aromatic nitrogens is 1. The van der Waals surface area contributed by atoms with Crippen molar-refractivity contribution in [2.75, 3.05) is 31.1 Å². The molecule has 0 bridgehead atoms. The number of amides is 1. The average Bonchev–Trinajstić information content (AvgIpc) is 2.59. The molecule has 1 amide bonds. The third kappa shape index (κ3) is 4.60. The van der Waals surface area contributed by atoms with Gasteiger partial charge in [-0.3, -0.25) is 0 Å². The number of halogens is 4. The van der Waals surface area contributed by atoms with Crippen LogP contribution in [0.3, 0.4) is 0 Å². The third-order valence-corrected chi connectivity index (χ3v) is 4.64. The second kappa shape index (κ2) is 7.31. The smallest absolute Gasteiger partial charge is 0.416 e. The zero-order chi connectivity index (χ0) is 20.7. The maximum Gasteiger partial charge on any atom is 0.416 e. The molecule has 5 nitrogen and oxygen atoms in total. The molecule has 1 aliphatic heterocycles. The standard InChI is InChI=1S/C19H21ClF3N3O2/c1-18(2,3)28-17(27)26-8-6-25(7-9-26)16-11-14(20)13-5-4-12(19(21,22)23)10-15(13)24-16/h4-5,10-11H,6-9H2,1-3H3. The van der Waals surface area contributed by atoms with Crippen molar-refractivity contribution < 1.29 is 22.7 Å². The zero-order valence-electron chi connectivity index (χ0n) is 15.8. The number of carbonyl (C=O) groups is 1. The van der Waals surface area contributed by atoms with E-state index in [2.05, 4.69) is 4.98 Å². The molecular weight excluding hydrogens is 395 g/mol. The summed E-state index contributed by atoms with van der Waals surface area (Å²) in [6.07, 6.45) is -4.83. The number of anilines is 1. The van der Waals surface area contributed by atoms with Crippen LogP contribution < -0.4 is 4.90 Å². The van der Waals surface area contributed by atoms with Gasteiger partial charge in [0.25, 0.3) is 0 Å². The van der Waals surface area contributed by atoms with E-state index in [0.717, 1.165) is 12.1 Å². The molecule has 1 aliphatic rings. The Bertz CT molecular complexity index is 888. The first-order chi connectivity index (χ1) is 12.9. The molecule has 0 radical (unpaired) electrons. The SMILES string of the molecule is CC(C)(C)OC(=O)N1CCN(c2cc(Cl)c3ccc(C(F)(F)F)cc3n2)CC1. The van der Waals surface area contributed by atoms with E-state index in [1.165, 1.54) is 6.07 Å². The molecule has 0 unspecified atom stereocenters. The molecular formula is C19H21ClF3N3O2. The highest BCUT2D eigenvalue weighted by atomic mass is 35.5. The lowest BCUT2D eigenvalue weighted by molar-refractivity contribution is -0.137. The predicted molar refractivity (Wildman–Crippen MR) is 102 cm³/mol. The summed E-state index contributed by atoms with van der Waals surface area (Å²) in [5.74, 6) is 0.487. The number of hydrogen-bond acceptors (Lipinski definition) is 4. The minimum absolute atomic E-state index is 0.187. The number of benzene rings is 1. The van der Waals surface area contributed by atoms with Crippen LogP contribution in [0, 0.1) is 0 Å². The van der Waals surface area contributed by atoms with Gasteiger partial charge < -0.3 is 14.5 Å². The van der Waals surface area contributed by atoms with Crippen molar-refractivity contribution in [2.24, 2.45) is 0 Å². The van der Waals surface area contributed by atoms with Gasteiger partial charge in [0.15, 0.2) is 0 Å². The summed E-state index contributed by atoms with van der Waals surface area (Å²) in [5, 5.41) is 0.800. The van der Waals surface area contributed by atoms with E-state index in [0.29, 0.717) is 42.4 Å². The molecule has 152 valence electrons. The average molecular weight is 416 g/mol. The maximum atomic E-state index is 13.0. The molecule has 2 heterocycles. The van der Waals surface area contributed by atoms with Gasteiger partial charge in [-0.2, -0.15) is 13.2 Å². The second-order valence-electron chi connectivity index (χ2n) is 7.65. The van der Waals surface area contributed by atoms with Gasteiger partial charge in [0.1, 0.15) is 11.4 Å². The molecule has 1 fully saturated rings. The maximum absolute atomic E-state index is 13.0. The Morgan fingerprint density at radius 3 is 2.32 bits per heavy atom. The van der Waals surface area contributed by atoms with Crippen LogP contribution in [-0.2, 0) is 10.9 Å². The Kier molecular flexibility index (Phi) is 5.36. The van der Waals surface area contributed by atoms with E-state index in [1.807, 2.05) is 4.90 Å². The van der Waals surface area contributed by atoms with Crippen LogP contribution in [-0.4, -0.2) is 47.8 Å². The minimum atomic E-state index is -4.45. The van der Waals surface area contributed by atoms with Crippen molar-refractivity contribution >= 4 is 34.4 Å². The number of carbonyl (C=O) groups excluding carboxylic acids is 1. The highest BCUT2D eigenvalue weighted by Crippen LogP contribution is 2.34. The Morgan fingerprint density at radius 1 is 1.11 bits per heavy atom. The lowest BCUT2D eigenvalue weighted by atomic mass is 10.1. The van der Waals surface area contributed by atoms with Gasteiger partial charge in [-0.05, 0) is 39.0 Å². The highest BCUT2D eigenvalue weighted by Gasteiger charge is 2.31. The van der Waals surface area contributed by atoms with Crippen molar-refractivity contribution in [1.82, 2.24) is 9.88 Å². The molecule has 0 atom stereocenters. The van der Waals surface area contributed by atoms with Crippen molar-refractivity contribution in [3.05, 3.63) is 34.9 Å². The molecule has 0 saturated carbocycles. The Labute approximate surface area is 166 Å². The number of alkyl halides is 3. The first-order valence-corrected chi connectivity index (χ1v) is 9.22. The lowest BCUT2D eigenvalue weighted by Gasteiger charge is -2.36. The number of nitrogens with zero attached hydrogens (tertiary/aromatic N) is 3. The topological polar surface area (TPSA) is 45.7 Å². The van der Waals surface area contributed by atoms with Crippen molar-refractivity contribution in [2.45, 2.75) is 32.5 Å². The Hall–Kier alpha value is -2.22. The summed E-state index contributed by atoms with van der Waals surface area (Å²) in [6, 6.07) is 4.97. The van der Waals surface area contributed by atoms with Gasteiger partial charge in [-0.1, -0.05) is 17.7 Å². The fourth-order valence-corrected chi connectivity index (χ4v) is 3.21. The van der Waals surface area contributed by atoms with Crippen LogP contribution in [0.1, 0.15) is 26.3 Å². The van der Waals surface area contributed by atoms with Crippen LogP contribution in [0.4, 0.5) is 23.8 Å². The summed E-state index contributed by atoms with van der Waals surface area (Å²) in [4.78, 5) is 20.0. The van der Waals surface area contributed by atoms with E-state index < -0.39 is 17.3 Å². The molecule has 1 aromatic carbocycles. The number of rotatable bonds is 1. The number of hydrogen-bond donors (Lipinski definition) is 0. The van der Waals surface area contributed by atoms with Gasteiger partial charge in [-0.25, -0.2) is 9.78 Å². The Balaban J connectivity index is 1.78. The monoisotopic (exact) mass is 415 g/mol. The van der Waals surface area contributed by atoms with E-state index in [1.54, 1.807) is 31.7 Å². The fourth-order valence-electron chi connectivity index (χ4n) is 2.96. The van der Waals surface area contributed by atoms with E-state index in [-0.39, 0.29) is 11.6 Å².